The first-order valence-electron chi connectivity index (χ1n) is 6.50. The zero-order valence-corrected chi connectivity index (χ0v) is 13.3. The van der Waals surface area contributed by atoms with E-state index in [0.29, 0.717) is 10.2 Å². The molecular formula is C14H20BrN3O. The Bertz CT molecular complexity index is 472. The van der Waals surface area contributed by atoms with Gasteiger partial charge in [0.05, 0.1) is 5.56 Å². The number of carbonyl (C=O) groups excluding carboxylic acids is 1. The maximum Gasteiger partial charge on any atom is 0.256 e. The summed E-state index contributed by atoms with van der Waals surface area (Å²) in [6, 6.07) is 3.59. The molecule has 4 nitrogen and oxygen atoms in total. The van der Waals surface area contributed by atoms with E-state index in [-0.39, 0.29) is 11.4 Å². The summed E-state index contributed by atoms with van der Waals surface area (Å²) < 4.78 is 0.611. The molecule has 0 bridgehead atoms. The van der Waals surface area contributed by atoms with Crippen molar-refractivity contribution < 1.29 is 4.79 Å². The van der Waals surface area contributed by atoms with Gasteiger partial charge in [0.25, 0.3) is 5.91 Å². The van der Waals surface area contributed by atoms with E-state index in [1.807, 2.05) is 7.05 Å². The molecule has 19 heavy (non-hydrogen) atoms. The van der Waals surface area contributed by atoms with Crippen molar-refractivity contribution in [3.05, 3.63) is 28.5 Å². The fourth-order valence-electron chi connectivity index (χ4n) is 2.60. The van der Waals surface area contributed by atoms with Crippen LogP contribution in [0.4, 0.5) is 0 Å². The third-order valence-corrected chi connectivity index (χ3v) is 4.73. The summed E-state index contributed by atoms with van der Waals surface area (Å²) in [7, 11) is 6.06. The molecule has 0 unspecified atom stereocenters. The number of aromatic nitrogens is 1. The Kier molecular flexibility index (Phi) is 4.26. The Morgan fingerprint density at radius 2 is 2.11 bits per heavy atom. The summed E-state index contributed by atoms with van der Waals surface area (Å²) in [4.78, 5) is 20.6. The third-order valence-electron chi connectivity index (χ3n) is 4.10. The summed E-state index contributed by atoms with van der Waals surface area (Å²) >= 11 is 3.34. The number of nitrogens with zero attached hydrogens (tertiary/aromatic N) is 3. The molecule has 0 saturated heterocycles. The van der Waals surface area contributed by atoms with Crippen LogP contribution in [-0.2, 0) is 0 Å². The molecule has 1 aromatic heterocycles. The summed E-state index contributed by atoms with van der Waals surface area (Å²) in [5.41, 5.74) is 0.775. The Morgan fingerprint density at radius 3 is 2.58 bits per heavy atom. The molecule has 2 rings (SSSR count). The van der Waals surface area contributed by atoms with Gasteiger partial charge in [-0.2, -0.15) is 0 Å². The number of hydrogen-bond acceptors (Lipinski definition) is 3. The third kappa shape index (κ3) is 2.82. The minimum Gasteiger partial charge on any atom is -0.340 e. The lowest BCUT2D eigenvalue weighted by molar-refractivity contribution is 0.0252. The van der Waals surface area contributed by atoms with Gasteiger partial charge in [-0.3, -0.25) is 4.79 Å². The predicted molar refractivity (Wildman–Crippen MR) is 79.2 cm³/mol. The van der Waals surface area contributed by atoms with Gasteiger partial charge >= 0.3 is 0 Å². The second-order valence-electron chi connectivity index (χ2n) is 5.48. The van der Waals surface area contributed by atoms with Crippen molar-refractivity contribution >= 4 is 21.8 Å². The lowest BCUT2D eigenvalue weighted by Gasteiger charge is -2.49. The summed E-state index contributed by atoms with van der Waals surface area (Å²) in [5.74, 6) is 0.0214. The molecule has 0 atom stereocenters. The molecular weight excluding hydrogens is 306 g/mol. The van der Waals surface area contributed by atoms with E-state index < -0.39 is 0 Å². The number of likely N-dealkylation sites (N-methyl/N-ethyl adjacent to an activating group) is 2. The van der Waals surface area contributed by atoms with E-state index in [1.165, 1.54) is 6.42 Å². The van der Waals surface area contributed by atoms with Gasteiger partial charge in [-0.25, -0.2) is 4.98 Å². The van der Waals surface area contributed by atoms with Crippen LogP contribution in [0.3, 0.4) is 0 Å². The number of amides is 1. The topological polar surface area (TPSA) is 36.4 Å². The van der Waals surface area contributed by atoms with Crippen LogP contribution in [0.25, 0.3) is 0 Å². The SMILES string of the molecule is CN(CC1(N(C)C)CCC1)C(=O)c1cccnc1Br. The predicted octanol–water partition coefficient (Wildman–Crippen LogP) is 2.40. The molecule has 1 fully saturated rings. The highest BCUT2D eigenvalue weighted by Crippen LogP contribution is 2.36. The average Bonchev–Trinajstić information content (AvgIpc) is 2.32. The molecule has 1 aliphatic carbocycles. The minimum atomic E-state index is 0.0214. The van der Waals surface area contributed by atoms with Crippen LogP contribution < -0.4 is 0 Å². The van der Waals surface area contributed by atoms with E-state index >= 15 is 0 Å². The van der Waals surface area contributed by atoms with Crippen LogP contribution in [-0.4, -0.2) is 53.9 Å². The number of halogens is 1. The van der Waals surface area contributed by atoms with Crippen molar-refractivity contribution in [2.45, 2.75) is 24.8 Å². The first-order chi connectivity index (χ1) is 8.96. The molecule has 1 saturated carbocycles. The van der Waals surface area contributed by atoms with Gasteiger partial charge in [-0.05, 0) is 61.4 Å². The number of carbonyl (C=O) groups is 1. The molecule has 104 valence electrons. The monoisotopic (exact) mass is 325 g/mol. The molecule has 0 N–H and O–H groups in total. The van der Waals surface area contributed by atoms with Crippen molar-refractivity contribution in [1.29, 1.82) is 0 Å². The maximum absolute atomic E-state index is 12.4. The van der Waals surface area contributed by atoms with Gasteiger partial charge in [0.1, 0.15) is 4.60 Å². The smallest absolute Gasteiger partial charge is 0.256 e. The van der Waals surface area contributed by atoms with E-state index in [9.17, 15) is 4.79 Å². The first kappa shape index (κ1) is 14.5. The van der Waals surface area contributed by atoms with Gasteiger partial charge in [0.2, 0.25) is 0 Å². The van der Waals surface area contributed by atoms with Crippen LogP contribution in [0.2, 0.25) is 0 Å². The van der Waals surface area contributed by atoms with Crippen LogP contribution >= 0.6 is 15.9 Å². The Hall–Kier alpha value is -0.940. The second kappa shape index (κ2) is 5.59. The van der Waals surface area contributed by atoms with Gasteiger partial charge < -0.3 is 9.80 Å². The van der Waals surface area contributed by atoms with E-state index in [1.54, 1.807) is 23.2 Å². The fourth-order valence-corrected chi connectivity index (χ4v) is 3.02. The van der Waals surface area contributed by atoms with Gasteiger partial charge in [-0.15, -0.1) is 0 Å². The Labute approximate surface area is 122 Å². The van der Waals surface area contributed by atoms with E-state index in [4.69, 9.17) is 0 Å². The van der Waals surface area contributed by atoms with Crippen LogP contribution in [0.1, 0.15) is 29.6 Å². The lowest BCUT2D eigenvalue weighted by Crippen LogP contribution is -2.57. The maximum atomic E-state index is 12.4. The normalized spacial score (nSPS) is 17.1. The van der Waals surface area contributed by atoms with Crippen molar-refractivity contribution in [1.82, 2.24) is 14.8 Å². The standard InChI is InChI=1S/C14H20BrN3O/c1-17(2)14(7-5-8-14)10-18(3)13(19)11-6-4-9-16-12(11)15/h4,6,9H,5,7-8,10H2,1-3H3. The van der Waals surface area contributed by atoms with Crippen LogP contribution in [0, 0.1) is 0 Å². The molecule has 1 aromatic rings. The molecule has 0 spiro atoms. The minimum absolute atomic E-state index is 0.0214. The van der Waals surface area contributed by atoms with Crippen LogP contribution in [0.15, 0.2) is 22.9 Å². The van der Waals surface area contributed by atoms with Crippen molar-refractivity contribution in [2.75, 3.05) is 27.7 Å². The summed E-state index contributed by atoms with van der Waals surface area (Å²) in [6.07, 6.45) is 5.24. The highest BCUT2D eigenvalue weighted by molar-refractivity contribution is 9.10. The molecule has 1 aliphatic rings. The lowest BCUT2D eigenvalue weighted by atomic mass is 9.75. The molecule has 0 aliphatic heterocycles. The Morgan fingerprint density at radius 1 is 1.42 bits per heavy atom. The molecule has 0 radical (unpaired) electrons. The van der Waals surface area contributed by atoms with Crippen molar-refractivity contribution in [3.8, 4) is 0 Å². The molecule has 0 aromatic carbocycles. The number of pyridine rings is 1. The highest BCUT2D eigenvalue weighted by atomic mass is 79.9. The molecule has 5 heteroatoms. The summed E-state index contributed by atoms with van der Waals surface area (Å²) in [5, 5.41) is 0. The fraction of sp³-hybridized carbons (Fsp3) is 0.571. The van der Waals surface area contributed by atoms with Crippen LogP contribution in [0.5, 0.6) is 0 Å². The largest absolute Gasteiger partial charge is 0.340 e. The Balaban J connectivity index is 2.10. The number of hydrogen-bond donors (Lipinski definition) is 0. The first-order valence-corrected chi connectivity index (χ1v) is 7.29. The zero-order valence-electron chi connectivity index (χ0n) is 11.7. The van der Waals surface area contributed by atoms with Gasteiger partial charge in [0.15, 0.2) is 0 Å². The zero-order chi connectivity index (χ0) is 14.0. The molecule has 1 amide bonds. The van der Waals surface area contributed by atoms with Gasteiger partial charge in [-0.1, -0.05) is 0 Å². The van der Waals surface area contributed by atoms with E-state index in [2.05, 4.69) is 39.9 Å². The summed E-state index contributed by atoms with van der Waals surface area (Å²) in [6.45, 7) is 0.764. The van der Waals surface area contributed by atoms with Crippen molar-refractivity contribution in [3.63, 3.8) is 0 Å². The van der Waals surface area contributed by atoms with Crippen molar-refractivity contribution in [2.24, 2.45) is 0 Å². The quantitative estimate of drug-likeness (QED) is 0.797. The highest BCUT2D eigenvalue weighted by Gasteiger charge is 2.40. The van der Waals surface area contributed by atoms with E-state index in [0.717, 1.165) is 19.4 Å². The van der Waals surface area contributed by atoms with Gasteiger partial charge in [0, 0.05) is 25.3 Å². The average molecular weight is 326 g/mol. The molecule has 1 heterocycles. The number of rotatable bonds is 4. The second-order valence-corrected chi connectivity index (χ2v) is 6.23.